The Hall–Kier alpha value is -0.900. The summed E-state index contributed by atoms with van der Waals surface area (Å²) in [4.78, 5) is 2.51. The molecule has 1 aromatic carbocycles. The first-order valence-corrected chi connectivity index (χ1v) is 6.97. The smallest absolute Gasteiger partial charge is 0.0899 e. The van der Waals surface area contributed by atoms with E-state index in [0.717, 1.165) is 44.6 Å². The Morgan fingerprint density at radius 2 is 1.78 bits per heavy atom. The lowest BCUT2D eigenvalue weighted by Crippen LogP contribution is -2.44. The van der Waals surface area contributed by atoms with E-state index in [1.165, 1.54) is 5.56 Å². The van der Waals surface area contributed by atoms with Crippen LogP contribution in [0.2, 0.25) is 0 Å². The van der Waals surface area contributed by atoms with Crippen LogP contribution in [0.5, 0.6) is 0 Å². The fourth-order valence-corrected chi connectivity index (χ4v) is 2.76. The lowest BCUT2D eigenvalue weighted by Gasteiger charge is -2.33. The molecule has 3 rings (SSSR count). The average Bonchev–Trinajstić information content (AvgIpc) is 3.18. The van der Waals surface area contributed by atoms with Gasteiger partial charge in [-0.1, -0.05) is 24.3 Å². The molecule has 0 radical (unpaired) electrons. The predicted octanol–water partition coefficient (Wildman–Crippen LogP) is 1.63. The molecule has 1 aromatic rings. The number of benzene rings is 1. The van der Waals surface area contributed by atoms with Gasteiger partial charge in [0.2, 0.25) is 0 Å². The minimum Gasteiger partial charge on any atom is -0.385 e. The average molecular weight is 246 g/mol. The minimum atomic E-state index is -0.503. The van der Waals surface area contributed by atoms with Crippen molar-refractivity contribution in [2.45, 2.75) is 31.4 Å². The molecule has 0 bridgehead atoms. The topological polar surface area (TPSA) is 35.5 Å². The summed E-state index contributed by atoms with van der Waals surface area (Å²) in [6.07, 6.45) is 1.83. The van der Waals surface area contributed by atoms with Gasteiger partial charge in [-0.2, -0.15) is 0 Å². The van der Waals surface area contributed by atoms with E-state index in [2.05, 4.69) is 41.4 Å². The Balaban J connectivity index is 1.71. The number of piperazine rings is 1. The van der Waals surface area contributed by atoms with Crippen LogP contribution in [0.1, 0.15) is 36.9 Å². The summed E-state index contributed by atoms with van der Waals surface area (Å²) < 4.78 is 0. The molecule has 1 saturated carbocycles. The monoisotopic (exact) mass is 246 g/mol. The highest BCUT2D eigenvalue weighted by atomic mass is 16.3. The van der Waals surface area contributed by atoms with Crippen LogP contribution in [0.15, 0.2) is 24.3 Å². The highest BCUT2D eigenvalue weighted by Crippen LogP contribution is 2.45. The molecule has 1 unspecified atom stereocenters. The van der Waals surface area contributed by atoms with Crippen LogP contribution in [0.4, 0.5) is 0 Å². The highest BCUT2D eigenvalue weighted by molar-refractivity contribution is 5.31. The van der Waals surface area contributed by atoms with Gasteiger partial charge in [0.1, 0.15) is 0 Å². The van der Waals surface area contributed by atoms with Crippen LogP contribution >= 0.6 is 0 Å². The van der Waals surface area contributed by atoms with Crippen molar-refractivity contribution in [2.75, 3.05) is 26.2 Å². The van der Waals surface area contributed by atoms with Crippen LogP contribution in [0, 0.1) is 0 Å². The van der Waals surface area contributed by atoms with Gasteiger partial charge < -0.3 is 10.4 Å². The third-order valence-corrected chi connectivity index (χ3v) is 4.35. The van der Waals surface area contributed by atoms with E-state index in [1.54, 1.807) is 0 Å². The summed E-state index contributed by atoms with van der Waals surface area (Å²) in [6.45, 7) is 6.68. The van der Waals surface area contributed by atoms with Gasteiger partial charge in [0.15, 0.2) is 0 Å². The number of aliphatic hydroxyl groups is 1. The normalized spacial score (nSPS) is 24.8. The van der Waals surface area contributed by atoms with E-state index >= 15 is 0 Å². The Bertz CT molecular complexity index is 405. The summed E-state index contributed by atoms with van der Waals surface area (Å²) in [6, 6.07) is 9.02. The van der Waals surface area contributed by atoms with Gasteiger partial charge in [-0.05, 0) is 30.9 Å². The first-order chi connectivity index (χ1) is 8.69. The van der Waals surface area contributed by atoms with Crippen molar-refractivity contribution in [1.29, 1.82) is 0 Å². The van der Waals surface area contributed by atoms with Gasteiger partial charge >= 0.3 is 0 Å². The maximum atomic E-state index is 10.1. The highest BCUT2D eigenvalue weighted by Gasteiger charge is 2.41. The third-order valence-electron chi connectivity index (χ3n) is 4.35. The van der Waals surface area contributed by atoms with Crippen molar-refractivity contribution in [3.8, 4) is 0 Å². The summed E-state index contributed by atoms with van der Waals surface area (Å²) in [7, 11) is 0. The standard InChI is InChI=1S/C15H22N2O/c1-12(17-10-8-16-9-11-17)13-2-4-14(5-3-13)15(18)6-7-15/h2-5,12,16,18H,6-11H2,1H3. The van der Waals surface area contributed by atoms with Gasteiger partial charge in [0.05, 0.1) is 5.60 Å². The fourth-order valence-electron chi connectivity index (χ4n) is 2.76. The van der Waals surface area contributed by atoms with Crippen LogP contribution in [0.3, 0.4) is 0 Å². The van der Waals surface area contributed by atoms with Crippen molar-refractivity contribution < 1.29 is 5.11 Å². The van der Waals surface area contributed by atoms with Gasteiger partial charge in [-0.15, -0.1) is 0 Å². The number of rotatable bonds is 3. The molecule has 1 heterocycles. The van der Waals surface area contributed by atoms with Gasteiger partial charge in [0, 0.05) is 32.2 Å². The molecular weight excluding hydrogens is 224 g/mol. The molecule has 1 saturated heterocycles. The number of hydrogen-bond acceptors (Lipinski definition) is 3. The van der Waals surface area contributed by atoms with Crippen LogP contribution in [-0.4, -0.2) is 36.2 Å². The van der Waals surface area contributed by atoms with Crippen LogP contribution in [-0.2, 0) is 5.60 Å². The zero-order valence-electron chi connectivity index (χ0n) is 11.0. The SMILES string of the molecule is CC(c1ccc(C2(O)CC2)cc1)N1CCNCC1. The van der Waals surface area contributed by atoms with E-state index in [1.807, 2.05) is 0 Å². The molecule has 2 aliphatic rings. The Morgan fingerprint density at radius 1 is 1.17 bits per heavy atom. The van der Waals surface area contributed by atoms with Gasteiger partial charge in [-0.3, -0.25) is 4.90 Å². The lowest BCUT2D eigenvalue weighted by molar-refractivity contribution is 0.151. The van der Waals surface area contributed by atoms with Crippen molar-refractivity contribution in [3.05, 3.63) is 35.4 Å². The summed E-state index contributed by atoms with van der Waals surface area (Å²) >= 11 is 0. The van der Waals surface area contributed by atoms with Crippen molar-refractivity contribution in [2.24, 2.45) is 0 Å². The number of nitrogens with zero attached hydrogens (tertiary/aromatic N) is 1. The second-order valence-corrected chi connectivity index (χ2v) is 5.62. The molecule has 0 spiro atoms. The van der Waals surface area contributed by atoms with E-state index in [0.29, 0.717) is 6.04 Å². The largest absolute Gasteiger partial charge is 0.385 e. The van der Waals surface area contributed by atoms with E-state index in [9.17, 15) is 5.11 Å². The molecule has 1 atom stereocenters. The molecule has 2 fully saturated rings. The maximum absolute atomic E-state index is 10.1. The third kappa shape index (κ3) is 2.30. The molecule has 2 N–H and O–H groups in total. The molecule has 1 aliphatic heterocycles. The second-order valence-electron chi connectivity index (χ2n) is 5.62. The molecular formula is C15H22N2O. The molecule has 3 heteroatoms. The van der Waals surface area contributed by atoms with Gasteiger partial charge in [-0.25, -0.2) is 0 Å². The van der Waals surface area contributed by atoms with Crippen molar-refractivity contribution in [3.63, 3.8) is 0 Å². The first kappa shape index (κ1) is 12.2. The zero-order chi connectivity index (χ0) is 12.6. The van der Waals surface area contributed by atoms with E-state index in [4.69, 9.17) is 0 Å². The Morgan fingerprint density at radius 3 is 2.33 bits per heavy atom. The summed E-state index contributed by atoms with van der Waals surface area (Å²) in [5, 5.41) is 13.4. The number of hydrogen-bond donors (Lipinski definition) is 2. The molecule has 0 amide bonds. The predicted molar refractivity (Wildman–Crippen MR) is 72.4 cm³/mol. The minimum absolute atomic E-state index is 0.468. The fraction of sp³-hybridized carbons (Fsp3) is 0.600. The van der Waals surface area contributed by atoms with E-state index in [-0.39, 0.29) is 0 Å². The van der Waals surface area contributed by atoms with Crippen molar-refractivity contribution >= 4 is 0 Å². The van der Waals surface area contributed by atoms with Crippen LogP contribution < -0.4 is 5.32 Å². The first-order valence-electron chi connectivity index (χ1n) is 6.97. The quantitative estimate of drug-likeness (QED) is 0.851. The summed E-state index contributed by atoms with van der Waals surface area (Å²) in [5.41, 5.74) is 1.93. The van der Waals surface area contributed by atoms with Crippen LogP contribution in [0.25, 0.3) is 0 Å². The molecule has 18 heavy (non-hydrogen) atoms. The zero-order valence-corrected chi connectivity index (χ0v) is 11.0. The Kier molecular flexibility index (Phi) is 3.14. The molecule has 98 valence electrons. The second kappa shape index (κ2) is 4.65. The lowest BCUT2D eigenvalue weighted by atomic mass is 10.0. The van der Waals surface area contributed by atoms with Gasteiger partial charge in [0.25, 0.3) is 0 Å². The number of nitrogens with one attached hydrogen (secondary N) is 1. The Labute approximate surface area is 109 Å². The van der Waals surface area contributed by atoms with E-state index < -0.39 is 5.60 Å². The molecule has 0 aromatic heterocycles. The molecule has 1 aliphatic carbocycles. The maximum Gasteiger partial charge on any atom is 0.0899 e. The van der Waals surface area contributed by atoms with Crippen molar-refractivity contribution in [1.82, 2.24) is 10.2 Å². The molecule has 3 nitrogen and oxygen atoms in total. The summed E-state index contributed by atoms with van der Waals surface area (Å²) in [5.74, 6) is 0.